The zero-order chi connectivity index (χ0) is 12.5. The van der Waals surface area contributed by atoms with Gasteiger partial charge in [0.15, 0.2) is 0 Å². The molecule has 0 aliphatic rings. The van der Waals surface area contributed by atoms with E-state index in [0.717, 1.165) is 31.7 Å². The Morgan fingerprint density at radius 3 is 2.50 bits per heavy atom. The van der Waals surface area contributed by atoms with Crippen molar-refractivity contribution in [3.63, 3.8) is 0 Å². The van der Waals surface area contributed by atoms with Crippen LogP contribution in [-0.2, 0) is 0 Å². The lowest BCUT2D eigenvalue weighted by Gasteiger charge is -2.06. The largest absolute Gasteiger partial charge is 0.248 e. The standard InChI is InChI=1S/C15H9BrClN/c16-13-9-15(10-4-2-1-3-5-10)18-14-7-6-11(17)8-12(13)14/h1-9H. The van der Waals surface area contributed by atoms with Gasteiger partial charge in [0, 0.05) is 20.4 Å². The molecule has 3 rings (SSSR count). The molecule has 0 atom stereocenters. The van der Waals surface area contributed by atoms with Crippen LogP contribution in [0.2, 0.25) is 5.02 Å². The average molecular weight is 319 g/mol. The zero-order valence-corrected chi connectivity index (χ0v) is 11.7. The first-order valence-corrected chi connectivity index (χ1v) is 6.72. The first-order valence-electron chi connectivity index (χ1n) is 5.55. The molecular formula is C15H9BrClN. The first-order chi connectivity index (χ1) is 8.74. The van der Waals surface area contributed by atoms with Crippen LogP contribution in [0.3, 0.4) is 0 Å². The van der Waals surface area contributed by atoms with Gasteiger partial charge in [0.25, 0.3) is 0 Å². The van der Waals surface area contributed by atoms with Gasteiger partial charge in [-0.3, -0.25) is 0 Å². The van der Waals surface area contributed by atoms with Crippen LogP contribution in [0.25, 0.3) is 22.2 Å². The second kappa shape index (κ2) is 4.71. The van der Waals surface area contributed by atoms with E-state index in [2.05, 4.69) is 33.0 Å². The topological polar surface area (TPSA) is 12.9 Å². The molecule has 0 saturated carbocycles. The van der Waals surface area contributed by atoms with Crippen molar-refractivity contribution >= 4 is 38.4 Å². The van der Waals surface area contributed by atoms with Crippen LogP contribution in [0.4, 0.5) is 0 Å². The van der Waals surface area contributed by atoms with Gasteiger partial charge >= 0.3 is 0 Å². The molecule has 2 aromatic carbocycles. The molecule has 0 spiro atoms. The Morgan fingerprint density at radius 2 is 1.72 bits per heavy atom. The van der Waals surface area contributed by atoms with Gasteiger partial charge in [-0.25, -0.2) is 4.98 Å². The fraction of sp³-hybridized carbons (Fsp3) is 0. The lowest BCUT2D eigenvalue weighted by Crippen LogP contribution is -1.86. The molecule has 1 heterocycles. The van der Waals surface area contributed by atoms with Gasteiger partial charge in [-0.05, 0) is 24.3 Å². The number of hydrogen-bond donors (Lipinski definition) is 0. The Balaban J connectivity index is 2.25. The van der Waals surface area contributed by atoms with E-state index in [4.69, 9.17) is 11.6 Å². The van der Waals surface area contributed by atoms with E-state index in [-0.39, 0.29) is 0 Å². The Hall–Kier alpha value is -1.38. The molecule has 0 amide bonds. The summed E-state index contributed by atoms with van der Waals surface area (Å²) in [5.74, 6) is 0. The van der Waals surface area contributed by atoms with Gasteiger partial charge in [-0.15, -0.1) is 0 Å². The minimum Gasteiger partial charge on any atom is -0.248 e. The van der Waals surface area contributed by atoms with Crippen molar-refractivity contribution in [1.29, 1.82) is 0 Å². The van der Waals surface area contributed by atoms with E-state index >= 15 is 0 Å². The molecule has 0 aliphatic carbocycles. The highest BCUT2D eigenvalue weighted by atomic mass is 79.9. The zero-order valence-electron chi connectivity index (χ0n) is 9.40. The van der Waals surface area contributed by atoms with Crippen molar-refractivity contribution in [2.75, 3.05) is 0 Å². The Labute approximate surface area is 119 Å². The number of aromatic nitrogens is 1. The number of pyridine rings is 1. The fourth-order valence-electron chi connectivity index (χ4n) is 1.91. The number of nitrogens with zero attached hydrogens (tertiary/aromatic N) is 1. The quantitative estimate of drug-likeness (QED) is 0.592. The SMILES string of the molecule is Clc1ccc2nc(-c3ccccc3)cc(Br)c2c1. The molecule has 0 bridgehead atoms. The highest BCUT2D eigenvalue weighted by molar-refractivity contribution is 9.10. The van der Waals surface area contributed by atoms with Gasteiger partial charge in [0.1, 0.15) is 0 Å². The molecule has 0 fully saturated rings. The minimum absolute atomic E-state index is 0.720. The first kappa shape index (κ1) is 11.7. The van der Waals surface area contributed by atoms with Gasteiger partial charge in [0.2, 0.25) is 0 Å². The van der Waals surface area contributed by atoms with Crippen molar-refractivity contribution in [2.24, 2.45) is 0 Å². The van der Waals surface area contributed by atoms with E-state index in [1.807, 2.05) is 42.5 Å². The van der Waals surface area contributed by atoms with Crippen LogP contribution in [0.5, 0.6) is 0 Å². The van der Waals surface area contributed by atoms with E-state index in [1.54, 1.807) is 0 Å². The number of rotatable bonds is 1. The van der Waals surface area contributed by atoms with Crippen molar-refractivity contribution in [2.45, 2.75) is 0 Å². The third kappa shape index (κ3) is 2.14. The summed E-state index contributed by atoms with van der Waals surface area (Å²) < 4.78 is 1.01. The van der Waals surface area contributed by atoms with Crippen LogP contribution in [0.1, 0.15) is 0 Å². The van der Waals surface area contributed by atoms with Crippen molar-refractivity contribution < 1.29 is 0 Å². The van der Waals surface area contributed by atoms with Gasteiger partial charge in [-0.1, -0.05) is 57.9 Å². The van der Waals surface area contributed by atoms with Gasteiger partial charge in [0.05, 0.1) is 11.2 Å². The van der Waals surface area contributed by atoms with E-state index in [1.165, 1.54) is 0 Å². The lowest BCUT2D eigenvalue weighted by molar-refractivity contribution is 1.39. The highest BCUT2D eigenvalue weighted by Crippen LogP contribution is 2.29. The molecular weight excluding hydrogens is 310 g/mol. The second-order valence-corrected chi connectivity index (χ2v) is 5.31. The van der Waals surface area contributed by atoms with Crippen LogP contribution >= 0.6 is 27.5 Å². The molecule has 18 heavy (non-hydrogen) atoms. The summed E-state index contributed by atoms with van der Waals surface area (Å²) in [7, 11) is 0. The Morgan fingerprint density at radius 1 is 0.944 bits per heavy atom. The lowest BCUT2D eigenvalue weighted by atomic mass is 10.1. The fourth-order valence-corrected chi connectivity index (χ4v) is 2.62. The number of fused-ring (bicyclic) bond motifs is 1. The summed E-state index contributed by atoms with van der Waals surface area (Å²) in [4.78, 5) is 4.66. The average Bonchev–Trinajstić information content (AvgIpc) is 2.40. The van der Waals surface area contributed by atoms with Gasteiger partial charge in [-0.2, -0.15) is 0 Å². The predicted molar refractivity (Wildman–Crippen MR) is 79.9 cm³/mol. The van der Waals surface area contributed by atoms with Crippen LogP contribution < -0.4 is 0 Å². The summed E-state index contributed by atoms with van der Waals surface area (Å²) in [6.07, 6.45) is 0. The summed E-state index contributed by atoms with van der Waals surface area (Å²) >= 11 is 9.58. The number of hydrogen-bond acceptors (Lipinski definition) is 1. The van der Waals surface area contributed by atoms with Gasteiger partial charge < -0.3 is 0 Å². The molecule has 0 N–H and O–H groups in total. The van der Waals surface area contributed by atoms with E-state index in [9.17, 15) is 0 Å². The summed E-state index contributed by atoms with van der Waals surface area (Å²) in [6, 6.07) is 17.9. The molecule has 0 radical (unpaired) electrons. The molecule has 3 aromatic rings. The number of benzene rings is 2. The van der Waals surface area contributed by atoms with Crippen molar-refractivity contribution in [3.8, 4) is 11.3 Å². The molecule has 0 saturated heterocycles. The van der Waals surface area contributed by atoms with Crippen LogP contribution in [0, 0.1) is 0 Å². The third-order valence-corrected chi connectivity index (χ3v) is 3.68. The normalized spacial score (nSPS) is 10.8. The van der Waals surface area contributed by atoms with E-state index < -0.39 is 0 Å². The highest BCUT2D eigenvalue weighted by Gasteiger charge is 2.06. The summed E-state index contributed by atoms with van der Waals surface area (Å²) in [5.41, 5.74) is 3.00. The van der Waals surface area contributed by atoms with Crippen molar-refractivity contribution in [3.05, 3.63) is 64.1 Å². The molecule has 0 unspecified atom stereocenters. The minimum atomic E-state index is 0.720. The maximum absolute atomic E-state index is 6.00. The maximum atomic E-state index is 6.00. The number of halogens is 2. The Kier molecular flexibility index (Phi) is 3.06. The third-order valence-electron chi connectivity index (χ3n) is 2.79. The second-order valence-electron chi connectivity index (χ2n) is 4.02. The Bertz CT molecular complexity index is 710. The smallest absolute Gasteiger partial charge is 0.0721 e. The van der Waals surface area contributed by atoms with Crippen molar-refractivity contribution in [1.82, 2.24) is 4.98 Å². The molecule has 0 aliphatic heterocycles. The molecule has 1 aromatic heterocycles. The van der Waals surface area contributed by atoms with E-state index in [0.29, 0.717) is 0 Å². The maximum Gasteiger partial charge on any atom is 0.0721 e. The summed E-state index contributed by atoms with van der Waals surface area (Å²) in [5, 5.41) is 1.75. The summed E-state index contributed by atoms with van der Waals surface area (Å²) in [6.45, 7) is 0. The monoisotopic (exact) mass is 317 g/mol. The molecule has 3 heteroatoms. The predicted octanol–water partition coefficient (Wildman–Crippen LogP) is 5.32. The van der Waals surface area contributed by atoms with Crippen LogP contribution in [-0.4, -0.2) is 4.98 Å². The molecule has 88 valence electrons. The molecule has 1 nitrogen and oxygen atoms in total. The van der Waals surface area contributed by atoms with Crippen LogP contribution in [0.15, 0.2) is 59.1 Å².